The second-order valence-corrected chi connectivity index (χ2v) is 8.65. The van der Waals surface area contributed by atoms with Gasteiger partial charge in [-0.1, -0.05) is 19.8 Å². The number of carbonyl (C=O) groups excluding carboxylic acids is 1. The van der Waals surface area contributed by atoms with Crippen LogP contribution >= 0.6 is 24.0 Å². The SMILES string of the molecule is CCCCC(CNC(=O)OC(C)(C)C)NC(=NCCc1c(C)nn(C)c1C)NCC.I. The number of amides is 1. The second kappa shape index (κ2) is 14.5. The van der Waals surface area contributed by atoms with Crippen LogP contribution in [0, 0.1) is 13.8 Å². The first kappa shape index (κ1) is 29.5. The van der Waals surface area contributed by atoms with Gasteiger partial charge in [0.05, 0.1) is 5.69 Å². The Balaban J connectivity index is 0.00000900. The summed E-state index contributed by atoms with van der Waals surface area (Å²) >= 11 is 0. The van der Waals surface area contributed by atoms with E-state index in [4.69, 9.17) is 9.73 Å². The summed E-state index contributed by atoms with van der Waals surface area (Å²) in [6.45, 7) is 15.9. The summed E-state index contributed by atoms with van der Waals surface area (Å²) in [5, 5.41) is 14.1. The number of carbonyl (C=O) groups is 1. The van der Waals surface area contributed by atoms with Crippen molar-refractivity contribution in [2.45, 2.75) is 85.8 Å². The van der Waals surface area contributed by atoms with E-state index in [2.05, 4.69) is 34.9 Å². The number of halogens is 1. The van der Waals surface area contributed by atoms with E-state index in [0.717, 1.165) is 43.9 Å². The third-order valence-electron chi connectivity index (χ3n) is 4.77. The molecule has 0 fully saturated rings. The molecule has 1 rings (SSSR count). The van der Waals surface area contributed by atoms with Crippen molar-refractivity contribution >= 4 is 36.0 Å². The summed E-state index contributed by atoms with van der Waals surface area (Å²) in [6.07, 6.45) is 3.56. The number of hydrogen-bond acceptors (Lipinski definition) is 4. The highest BCUT2D eigenvalue weighted by Gasteiger charge is 2.18. The van der Waals surface area contributed by atoms with Crippen molar-refractivity contribution in [2.75, 3.05) is 19.6 Å². The maximum Gasteiger partial charge on any atom is 0.407 e. The van der Waals surface area contributed by atoms with Crippen molar-refractivity contribution in [3.05, 3.63) is 17.0 Å². The van der Waals surface area contributed by atoms with Crippen LogP contribution in [-0.2, 0) is 18.2 Å². The average Bonchev–Trinajstić information content (AvgIpc) is 2.88. The van der Waals surface area contributed by atoms with Gasteiger partial charge in [-0.15, -0.1) is 24.0 Å². The van der Waals surface area contributed by atoms with Crippen LogP contribution in [0.25, 0.3) is 0 Å². The van der Waals surface area contributed by atoms with Crippen LogP contribution in [0.15, 0.2) is 4.99 Å². The fraction of sp³-hybridized carbons (Fsp3) is 0.773. The average molecular weight is 551 g/mol. The molecule has 0 aromatic carbocycles. The molecule has 8 nitrogen and oxygen atoms in total. The molecule has 180 valence electrons. The number of aliphatic imine (C=N–C) groups is 1. The van der Waals surface area contributed by atoms with Crippen LogP contribution in [0.1, 0.15) is 70.8 Å². The minimum absolute atomic E-state index is 0. The number of guanidine groups is 1. The van der Waals surface area contributed by atoms with E-state index in [1.54, 1.807) is 0 Å². The zero-order valence-corrected chi connectivity index (χ0v) is 22.9. The van der Waals surface area contributed by atoms with E-state index in [9.17, 15) is 4.79 Å². The molecule has 0 aliphatic carbocycles. The molecule has 0 saturated carbocycles. The number of ether oxygens (including phenoxy) is 1. The number of nitrogens with zero attached hydrogens (tertiary/aromatic N) is 3. The van der Waals surface area contributed by atoms with Gasteiger partial charge in [0.15, 0.2) is 5.96 Å². The number of unbranched alkanes of at least 4 members (excludes halogenated alkanes) is 1. The predicted molar refractivity (Wildman–Crippen MR) is 138 cm³/mol. The number of alkyl carbamates (subject to hydrolysis) is 1. The lowest BCUT2D eigenvalue weighted by molar-refractivity contribution is 0.0522. The second-order valence-electron chi connectivity index (χ2n) is 8.65. The maximum atomic E-state index is 12.0. The molecule has 1 heterocycles. The van der Waals surface area contributed by atoms with Crippen LogP contribution in [-0.4, -0.2) is 53.1 Å². The number of rotatable bonds is 10. The van der Waals surface area contributed by atoms with Crippen LogP contribution in [0.5, 0.6) is 0 Å². The Morgan fingerprint density at radius 3 is 2.42 bits per heavy atom. The first-order valence-electron chi connectivity index (χ1n) is 11.1. The summed E-state index contributed by atoms with van der Waals surface area (Å²) in [7, 11) is 1.97. The van der Waals surface area contributed by atoms with Gasteiger partial charge in [-0.25, -0.2) is 4.79 Å². The monoisotopic (exact) mass is 550 g/mol. The first-order valence-corrected chi connectivity index (χ1v) is 11.1. The smallest absolute Gasteiger partial charge is 0.407 e. The van der Waals surface area contributed by atoms with Gasteiger partial charge in [-0.2, -0.15) is 5.10 Å². The van der Waals surface area contributed by atoms with Gasteiger partial charge in [-0.3, -0.25) is 9.67 Å². The van der Waals surface area contributed by atoms with Gasteiger partial charge in [0.1, 0.15) is 5.60 Å². The quantitative estimate of drug-likeness (QED) is 0.234. The summed E-state index contributed by atoms with van der Waals surface area (Å²) in [6, 6.07) is 0.0807. The summed E-state index contributed by atoms with van der Waals surface area (Å²) in [5.41, 5.74) is 3.00. The van der Waals surface area contributed by atoms with E-state index in [1.807, 2.05) is 46.3 Å². The Labute approximate surface area is 205 Å². The molecule has 0 aliphatic heterocycles. The number of nitrogens with one attached hydrogen (secondary N) is 3. The number of hydrogen-bond donors (Lipinski definition) is 3. The highest BCUT2D eigenvalue weighted by molar-refractivity contribution is 14.0. The molecule has 1 aromatic rings. The van der Waals surface area contributed by atoms with Gasteiger partial charge in [0, 0.05) is 38.4 Å². The molecule has 0 aliphatic rings. The van der Waals surface area contributed by atoms with E-state index in [1.165, 1.54) is 11.3 Å². The van der Waals surface area contributed by atoms with Crippen LogP contribution in [0.4, 0.5) is 4.79 Å². The van der Waals surface area contributed by atoms with E-state index >= 15 is 0 Å². The van der Waals surface area contributed by atoms with Crippen molar-refractivity contribution in [2.24, 2.45) is 12.0 Å². The normalized spacial score (nSPS) is 12.7. The zero-order valence-electron chi connectivity index (χ0n) is 20.6. The van der Waals surface area contributed by atoms with Crippen molar-refractivity contribution in [3.63, 3.8) is 0 Å². The molecule has 0 bridgehead atoms. The predicted octanol–water partition coefficient (Wildman–Crippen LogP) is 3.84. The van der Waals surface area contributed by atoms with Gasteiger partial charge < -0.3 is 20.7 Å². The van der Waals surface area contributed by atoms with Crippen molar-refractivity contribution in [1.29, 1.82) is 0 Å². The maximum absolute atomic E-state index is 12.0. The Kier molecular flexibility index (Phi) is 13.8. The van der Waals surface area contributed by atoms with E-state index in [-0.39, 0.29) is 30.0 Å². The summed E-state index contributed by atoms with van der Waals surface area (Å²) < 4.78 is 7.27. The standard InChI is InChI=1S/C22H42N6O2.HI/c1-9-11-12-18(15-25-21(29)30-22(5,6)7)26-20(23-10-2)24-14-13-19-16(3)27-28(8)17(19)4;/h18H,9-15H2,1-8H3,(H,25,29)(H2,23,24,26);1H. The minimum Gasteiger partial charge on any atom is -0.444 e. The Morgan fingerprint density at radius 1 is 1.23 bits per heavy atom. The largest absolute Gasteiger partial charge is 0.444 e. The van der Waals surface area contributed by atoms with Gasteiger partial charge in [0.2, 0.25) is 0 Å². The van der Waals surface area contributed by atoms with Crippen molar-refractivity contribution in [1.82, 2.24) is 25.7 Å². The van der Waals surface area contributed by atoms with Crippen LogP contribution in [0.2, 0.25) is 0 Å². The fourth-order valence-corrected chi connectivity index (χ4v) is 3.17. The highest BCUT2D eigenvalue weighted by atomic mass is 127. The summed E-state index contributed by atoms with van der Waals surface area (Å²) in [4.78, 5) is 16.8. The number of aryl methyl sites for hydroxylation is 2. The lowest BCUT2D eigenvalue weighted by Gasteiger charge is -2.24. The zero-order chi connectivity index (χ0) is 22.7. The lowest BCUT2D eigenvalue weighted by atomic mass is 10.1. The molecule has 0 radical (unpaired) electrons. The Bertz CT molecular complexity index is 697. The molecule has 1 atom stereocenters. The minimum atomic E-state index is -0.505. The molecule has 9 heteroatoms. The first-order chi connectivity index (χ1) is 14.1. The molecule has 1 aromatic heterocycles. The molecule has 31 heavy (non-hydrogen) atoms. The molecule has 3 N–H and O–H groups in total. The third kappa shape index (κ3) is 11.6. The summed E-state index contributed by atoms with van der Waals surface area (Å²) in [5.74, 6) is 0.767. The molecular weight excluding hydrogens is 507 g/mol. The van der Waals surface area contributed by atoms with Gasteiger partial charge in [0.25, 0.3) is 0 Å². The van der Waals surface area contributed by atoms with Crippen LogP contribution in [0.3, 0.4) is 0 Å². The van der Waals surface area contributed by atoms with Crippen LogP contribution < -0.4 is 16.0 Å². The number of aromatic nitrogens is 2. The third-order valence-corrected chi connectivity index (χ3v) is 4.77. The van der Waals surface area contributed by atoms with Crippen molar-refractivity contribution < 1.29 is 9.53 Å². The molecule has 1 amide bonds. The molecule has 0 saturated heterocycles. The Hall–Kier alpha value is -1.52. The van der Waals surface area contributed by atoms with Gasteiger partial charge in [-0.05, 0) is 59.9 Å². The molecule has 1 unspecified atom stereocenters. The fourth-order valence-electron chi connectivity index (χ4n) is 3.17. The lowest BCUT2D eigenvalue weighted by Crippen LogP contribution is -2.49. The topological polar surface area (TPSA) is 92.6 Å². The molecule has 0 spiro atoms. The van der Waals surface area contributed by atoms with Gasteiger partial charge >= 0.3 is 6.09 Å². The Morgan fingerprint density at radius 2 is 1.90 bits per heavy atom. The van der Waals surface area contributed by atoms with E-state index < -0.39 is 11.7 Å². The van der Waals surface area contributed by atoms with Crippen molar-refractivity contribution in [3.8, 4) is 0 Å². The molecular formula is C22H43IN6O2. The highest BCUT2D eigenvalue weighted by Crippen LogP contribution is 2.12. The van der Waals surface area contributed by atoms with E-state index in [0.29, 0.717) is 13.1 Å².